The second-order valence-corrected chi connectivity index (χ2v) is 22.8. The summed E-state index contributed by atoms with van der Waals surface area (Å²) in [6, 6.07) is -0.546. The second-order valence-electron chi connectivity index (χ2n) is 22.8. The number of carbonyl (C=O) groups is 2. The fourth-order valence-corrected chi connectivity index (χ4v) is 10.6. The molecule has 0 aliphatic rings. The zero-order valence-electron chi connectivity index (χ0n) is 48.5. The third kappa shape index (κ3) is 58.0. The van der Waals surface area contributed by atoms with Gasteiger partial charge in [-0.1, -0.05) is 341 Å². The normalized spacial score (nSPS) is 12.5. The average Bonchev–Trinajstić information content (AvgIpc) is 3.37. The minimum Gasteiger partial charge on any atom is -0.466 e. The van der Waals surface area contributed by atoms with Gasteiger partial charge in [-0.05, 0) is 25.7 Å². The third-order valence-corrected chi connectivity index (χ3v) is 15.7. The first-order chi connectivity index (χ1) is 35.0. The maximum absolute atomic E-state index is 12.5. The second kappa shape index (κ2) is 61.4. The van der Waals surface area contributed by atoms with E-state index in [0.29, 0.717) is 25.9 Å². The van der Waals surface area contributed by atoms with Gasteiger partial charge in [-0.3, -0.25) is 9.59 Å². The van der Waals surface area contributed by atoms with Crippen LogP contribution in [0.15, 0.2) is 0 Å². The zero-order chi connectivity index (χ0) is 51.4. The zero-order valence-corrected chi connectivity index (χ0v) is 48.5. The predicted octanol–water partition coefficient (Wildman–Crippen LogP) is 20.6. The molecule has 0 heterocycles. The molecule has 0 rings (SSSR count). The van der Waals surface area contributed by atoms with Crippen LogP contribution in [0.1, 0.15) is 380 Å². The molecule has 6 heteroatoms. The maximum atomic E-state index is 12.5. The van der Waals surface area contributed by atoms with Crippen LogP contribution in [0.2, 0.25) is 0 Å². The van der Waals surface area contributed by atoms with Crippen LogP contribution in [0.4, 0.5) is 0 Å². The molecule has 71 heavy (non-hydrogen) atoms. The molecule has 0 saturated carbocycles. The van der Waals surface area contributed by atoms with Crippen molar-refractivity contribution in [3.63, 3.8) is 0 Å². The summed E-state index contributed by atoms with van der Waals surface area (Å²) >= 11 is 0. The maximum Gasteiger partial charge on any atom is 0.305 e. The molecule has 0 aromatic heterocycles. The van der Waals surface area contributed by atoms with E-state index in [2.05, 4.69) is 19.2 Å². The Morgan fingerprint density at radius 1 is 0.338 bits per heavy atom. The van der Waals surface area contributed by atoms with Gasteiger partial charge in [0.05, 0.1) is 25.4 Å². The van der Waals surface area contributed by atoms with Crippen LogP contribution in [-0.4, -0.2) is 47.4 Å². The molecule has 424 valence electrons. The molecule has 2 unspecified atom stereocenters. The number of unbranched alkanes of at least 4 members (excludes halogenated alkanes) is 51. The summed E-state index contributed by atoms with van der Waals surface area (Å²) in [6.45, 7) is 4.99. The van der Waals surface area contributed by atoms with Crippen LogP contribution in [-0.2, 0) is 14.3 Å². The number of aliphatic hydroxyl groups excluding tert-OH is 2. The minimum absolute atomic E-state index is 0.00876. The van der Waals surface area contributed by atoms with E-state index in [1.165, 1.54) is 308 Å². The van der Waals surface area contributed by atoms with Crippen molar-refractivity contribution < 1.29 is 24.5 Å². The SMILES string of the molecule is CCCCCCCCCCCCCCCCCCCCCCCC(O)C(CO)NC(=O)CCCCCCCCCCCCCCCCCCOC(=O)CCCCCCCCCCCCCCCCCCC. The fourth-order valence-electron chi connectivity index (χ4n) is 10.6. The van der Waals surface area contributed by atoms with E-state index in [1.54, 1.807) is 0 Å². The lowest BCUT2D eigenvalue weighted by atomic mass is 10.0. The van der Waals surface area contributed by atoms with Gasteiger partial charge in [-0.15, -0.1) is 0 Å². The topological polar surface area (TPSA) is 95.9 Å². The molecule has 2 atom stereocenters. The quantitative estimate of drug-likeness (QED) is 0.0417. The van der Waals surface area contributed by atoms with Crippen molar-refractivity contribution in [3.8, 4) is 0 Å². The van der Waals surface area contributed by atoms with E-state index in [0.717, 1.165) is 38.5 Å². The smallest absolute Gasteiger partial charge is 0.305 e. The van der Waals surface area contributed by atoms with Crippen molar-refractivity contribution >= 4 is 11.9 Å². The molecule has 3 N–H and O–H groups in total. The van der Waals surface area contributed by atoms with E-state index < -0.39 is 12.1 Å². The van der Waals surface area contributed by atoms with Crippen LogP contribution in [0.3, 0.4) is 0 Å². The summed E-state index contributed by atoms with van der Waals surface area (Å²) in [5.41, 5.74) is 0. The van der Waals surface area contributed by atoms with E-state index in [1.807, 2.05) is 0 Å². The highest BCUT2D eigenvalue weighted by atomic mass is 16.5. The molecule has 0 aromatic rings. The molecule has 0 spiro atoms. The summed E-state index contributed by atoms with van der Waals surface area (Å²) in [5, 5.41) is 23.4. The number of carbonyl (C=O) groups excluding carboxylic acids is 2. The first-order valence-corrected chi connectivity index (χ1v) is 32.8. The molecule has 0 aliphatic carbocycles. The highest BCUT2D eigenvalue weighted by Crippen LogP contribution is 2.19. The fraction of sp³-hybridized carbons (Fsp3) is 0.969. The number of rotatable bonds is 62. The number of hydrogen-bond donors (Lipinski definition) is 3. The minimum atomic E-state index is -0.669. The highest BCUT2D eigenvalue weighted by Gasteiger charge is 2.20. The summed E-state index contributed by atoms with van der Waals surface area (Å²) in [5.74, 6) is -0.0278. The molecular weight excluding hydrogens is 875 g/mol. The lowest BCUT2D eigenvalue weighted by molar-refractivity contribution is -0.143. The summed E-state index contributed by atoms with van der Waals surface area (Å²) in [7, 11) is 0. The molecule has 0 radical (unpaired) electrons. The molecule has 1 amide bonds. The first-order valence-electron chi connectivity index (χ1n) is 32.8. The molecular formula is C65H129NO5. The van der Waals surface area contributed by atoms with Crippen LogP contribution in [0.25, 0.3) is 0 Å². The van der Waals surface area contributed by atoms with Crippen molar-refractivity contribution in [1.82, 2.24) is 5.32 Å². The Morgan fingerprint density at radius 3 is 0.859 bits per heavy atom. The Morgan fingerprint density at radius 2 is 0.577 bits per heavy atom. The number of amides is 1. The van der Waals surface area contributed by atoms with E-state index >= 15 is 0 Å². The van der Waals surface area contributed by atoms with Crippen LogP contribution < -0.4 is 5.32 Å². The largest absolute Gasteiger partial charge is 0.466 e. The lowest BCUT2D eigenvalue weighted by Crippen LogP contribution is -2.45. The average molecular weight is 1000 g/mol. The van der Waals surface area contributed by atoms with Gasteiger partial charge in [0, 0.05) is 12.8 Å². The van der Waals surface area contributed by atoms with E-state index in [4.69, 9.17) is 4.74 Å². The Hall–Kier alpha value is -1.14. The molecule has 0 saturated heterocycles. The van der Waals surface area contributed by atoms with Crippen molar-refractivity contribution in [2.75, 3.05) is 13.2 Å². The standard InChI is InChI=1S/C65H129NO5/c1-3-5-7-9-11-13-15-17-19-21-22-23-24-26-29-33-37-41-45-49-53-57-63(68)62(61-67)66-64(69)58-54-50-46-42-38-34-30-27-28-32-36-40-44-48-52-56-60-71-65(70)59-55-51-47-43-39-35-31-25-20-18-16-14-12-10-8-6-4-2/h62-63,67-68H,3-61H2,1-2H3,(H,66,69). The molecule has 0 aromatic carbocycles. The van der Waals surface area contributed by atoms with Gasteiger partial charge >= 0.3 is 5.97 Å². The molecule has 0 aliphatic heterocycles. The Labute approximate surface area is 445 Å². The summed E-state index contributed by atoms with van der Waals surface area (Å²) in [6.07, 6.45) is 72.6. The van der Waals surface area contributed by atoms with Crippen molar-refractivity contribution in [2.45, 2.75) is 392 Å². The number of nitrogens with one attached hydrogen (secondary N) is 1. The molecule has 6 nitrogen and oxygen atoms in total. The van der Waals surface area contributed by atoms with Crippen LogP contribution >= 0.6 is 0 Å². The monoisotopic (exact) mass is 1000 g/mol. The van der Waals surface area contributed by atoms with Gasteiger partial charge in [0.1, 0.15) is 0 Å². The van der Waals surface area contributed by atoms with Gasteiger partial charge in [0.15, 0.2) is 0 Å². The first kappa shape index (κ1) is 69.9. The molecule has 0 bridgehead atoms. The van der Waals surface area contributed by atoms with Crippen LogP contribution in [0, 0.1) is 0 Å². The van der Waals surface area contributed by atoms with Crippen molar-refractivity contribution in [1.29, 1.82) is 0 Å². The molecule has 0 fully saturated rings. The predicted molar refractivity (Wildman–Crippen MR) is 310 cm³/mol. The van der Waals surface area contributed by atoms with Gasteiger partial charge in [-0.2, -0.15) is 0 Å². The lowest BCUT2D eigenvalue weighted by Gasteiger charge is -2.22. The summed E-state index contributed by atoms with van der Waals surface area (Å²) in [4.78, 5) is 24.6. The Balaban J connectivity index is 3.39. The van der Waals surface area contributed by atoms with Crippen LogP contribution in [0.5, 0.6) is 0 Å². The Bertz CT molecular complexity index is 1020. The van der Waals surface area contributed by atoms with Gasteiger partial charge in [-0.25, -0.2) is 0 Å². The number of hydrogen-bond acceptors (Lipinski definition) is 5. The van der Waals surface area contributed by atoms with Gasteiger partial charge in [0.2, 0.25) is 5.91 Å². The van der Waals surface area contributed by atoms with E-state index in [9.17, 15) is 19.8 Å². The van der Waals surface area contributed by atoms with Crippen molar-refractivity contribution in [3.05, 3.63) is 0 Å². The number of ether oxygens (including phenoxy) is 1. The number of esters is 1. The van der Waals surface area contributed by atoms with Crippen molar-refractivity contribution in [2.24, 2.45) is 0 Å². The van der Waals surface area contributed by atoms with Gasteiger partial charge < -0.3 is 20.3 Å². The Kier molecular flexibility index (Phi) is 60.4. The summed E-state index contributed by atoms with van der Waals surface area (Å²) < 4.78 is 5.50. The van der Waals surface area contributed by atoms with E-state index in [-0.39, 0.29) is 18.5 Å². The third-order valence-electron chi connectivity index (χ3n) is 15.7. The number of aliphatic hydroxyl groups is 2. The van der Waals surface area contributed by atoms with Gasteiger partial charge in [0.25, 0.3) is 0 Å². The highest BCUT2D eigenvalue weighted by molar-refractivity contribution is 5.76.